The maximum atomic E-state index is 5.57. The van der Waals surface area contributed by atoms with Crippen LogP contribution in [-0.4, -0.2) is 50.3 Å². The molecule has 0 radical (unpaired) electrons. The lowest BCUT2D eigenvalue weighted by Gasteiger charge is -2.33. The minimum Gasteiger partial charge on any atom is -0.380 e. The lowest BCUT2D eigenvalue weighted by molar-refractivity contribution is 0.124. The van der Waals surface area contributed by atoms with Gasteiger partial charge >= 0.3 is 0 Å². The largest absolute Gasteiger partial charge is 0.380 e. The summed E-state index contributed by atoms with van der Waals surface area (Å²) in [6.07, 6.45) is 5.00. The highest BCUT2D eigenvalue weighted by Gasteiger charge is 2.18. The van der Waals surface area contributed by atoms with Crippen LogP contribution in [0, 0.1) is 5.92 Å². The maximum Gasteiger partial charge on any atom is 0.0591 e. The van der Waals surface area contributed by atoms with Crippen LogP contribution in [0.5, 0.6) is 0 Å². The highest BCUT2D eigenvalue weighted by molar-refractivity contribution is 4.77. The fraction of sp³-hybridized carbons (Fsp3) is 1.00. The highest BCUT2D eigenvalue weighted by atomic mass is 16.5. The van der Waals surface area contributed by atoms with Crippen molar-refractivity contribution in [3.63, 3.8) is 0 Å². The summed E-state index contributed by atoms with van der Waals surface area (Å²) in [5.74, 6) is 0.793. The van der Waals surface area contributed by atoms with Crippen LogP contribution in [0.25, 0.3) is 0 Å². The Balaban J connectivity index is 1.95. The molecule has 0 saturated carbocycles. The topological polar surface area (TPSA) is 24.5 Å². The Morgan fingerprint density at radius 2 is 1.94 bits per heavy atom. The van der Waals surface area contributed by atoms with Crippen molar-refractivity contribution in [2.45, 2.75) is 52.5 Å². The third kappa shape index (κ3) is 7.34. The van der Waals surface area contributed by atoms with E-state index in [1.54, 1.807) is 0 Å². The second-order valence-electron chi connectivity index (χ2n) is 5.89. The van der Waals surface area contributed by atoms with E-state index in [0.717, 1.165) is 25.7 Å². The van der Waals surface area contributed by atoms with Crippen molar-refractivity contribution < 1.29 is 4.74 Å². The Labute approximate surface area is 113 Å². The molecule has 0 unspecified atom stereocenters. The van der Waals surface area contributed by atoms with Gasteiger partial charge in [0.2, 0.25) is 0 Å². The minimum absolute atomic E-state index is 0.711. The van der Waals surface area contributed by atoms with Crippen LogP contribution in [-0.2, 0) is 4.74 Å². The summed E-state index contributed by atoms with van der Waals surface area (Å²) in [6.45, 7) is 13.4. The Bertz CT molecular complexity index is 189. The molecule has 0 atom stereocenters. The predicted octanol–water partition coefficient (Wildman–Crippen LogP) is 2.51. The average molecular weight is 256 g/mol. The second kappa shape index (κ2) is 9.76. The van der Waals surface area contributed by atoms with E-state index in [4.69, 9.17) is 4.74 Å². The first-order valence-electron chi connectivity index (χ1n) is 7.75. The molecular formula is C15H32N2O. The summed E-state index contributed by atoms with van der Waals surface area (Å²) in [5.41, 5.74) is 0. The van der Waals surface area contributed by atoms with Gasteiger partial charge in [0.15, 0.2) is 0 Å². The van der Waals surface area contributed by atoms with E-state index in [-0.39, 0.29) is 0 Å². The van der Waals surface area contributed by atoms with Gasteiger partial charge in [0.1, 0.15) is 0 Å². The summed E-state index contributed by atoms with van der Waals surface area (Å²) < 4.78 is 5.57. The number of piperidine rings is 1. The van der Waals surface area contributed by atoms with Gasteiger partial charge in [-0.3, -0.25) is 0 Å². The number of nitrogens with one attached hydrogen (secondary N) is 1. The van der Waals surface area contributed by atoms with Gasteiger partial charge in [-0.2, -0.15) is 0 Å². The molecule has 18 heavy (non-hydrogen) atoms. The summed E-state index contributed by atoms with van der Waals surface area (Å²) in [7, 11) is 0. The van der Waals surface area contributed by atoms with Crippen molar-refractivity contribution in [1.82, 2.24) is 10.2 Å². The van der Waals surface area contributed by atoms with Crippen LogP contribution in [0.1, 0.15) is 46.5 Å². The second-order valence-corrected chi connectivity index (χ2v) is 5.89. The van der Waals surface area contributed by atoms with Crippen molar-refractivity contribution >= 4 is 0 Å². The number of likely N-dealkylation sites (tertiary alicyclic amines) is 1. The fourth-order valence-electron chi connectivity index (χ4n) is 2.52. The zero-order valence-corrected chi connectivity index (χ0v) is 12.6. The van der Waals surface area contributed by atoms with Gasteiger partial charge in [-0.05, 0) is 38.3 Å². The van der Waals surface area contributed by atoms with Gasteiger partial charge in [0.25, 0.3) is 0 Å². The smallest absolute Gasteiger partial charge is 0.0591 e. The lowest BCUT2D eigenvalue weighted by Crippen LogP contribution is -2.44. The van der Waals surface area contributed by atoms with Crippen LogP contribution in [0.2, 0.25) is 0 Å². The van der Waals surface area contributed by atoms with Gasteiger partial charge in [-0.1, -0.05) is 27.2 Å². The van der Waals surface area contributed by atoms with Gasteiger partial charge < -0.3 is 15.0 Å². The SMILES string of the molecule is CCCCOCCNC1CCN(CC(C)C)CC1. The van der Waals surface area contributed by atoms with Crippen LogP contribution in [0.3, 0.4) is 0 Å². The molecule has 1 saturated heterocycles. The van der Waals surface area contributed by atoms with Crippen LogP contribution >= 0.6 is 0 Å². The molecule has 0 aliphatic carbocycles. The molecule has 3 heteroatoms. The van der Waals surface area contributed by atoms with Gasteiger partial charge in [0, 0.05) is 25.7 Å². The monoisotopic (exact) mass is 256 g/mol. The van der Waals surface area contributed by atoms with E-state index in [1.807, 2.05) is 0 Å². The molecule has 0 amide bonds. The summed E-state index contributed by atoms with van der Waals surface area (Å²) >= 11 is 0. The lowest BCUT2D eigenvalue weighted by atomic mass is 10.0. The van der Waals surface area contributed by atoms with E-state index in [9.17, 15) is 0 Å². The Kier molecular flexibility index (Phi) is 8.64. The van der Waals surface area contributed by atoms with Crippen molar-refractivity contribution in [1.29, 1.82) is 0 Å². The van der Waals surface area contributed by atoms with Gasteiger partial charge in [0.05, 0.1) is 6.61 Å². The number of hydrogen-bond acceptors (Lipinski definition) is 3. The third-order valence-electron chi connectivity index (χ3n) is 3.53. The van der Waals surface area contributed by atoms with Crippen molar-refractivity contribution in [3.05, 3.63) is 0 Å². The summed E-state index contributed by atoms with van der Waals surface area (Å²) in [6, 6.07) is 0.711. The first-order chi connectivity index (χ1) is 8.72. The van der Waals surface area contributed by atoms with E-state index >= 15 is 0 Å². The van der Waals surface area contributed by atoms with Gasteiger partial charge in [-0.25, -0.2) is 0 Å². The summed E-state index contributed by atoms with van der Waals surface area (Å²) in [4.78, 5) is 2.60. The Hall–Kier alpha value is -0.120. The summed E-state index contributed by atoms with van der Waals surface area (Å²) in [5, 5.41) is 3.62. The predicted molar refractivity (Wildman–Crippen MR) is 78.0 cm³/mol. The highest BCUT2D eigenvalue weighted by Crippen LogP contribution is 2.11. The van der Waals surface area contributed by atoms with Gasteiger partial charge in [-0.15, -0.1) is 0 Å². The first kappa shape index (κ1) is 15.9. The molecule has 1 rings (SSSR count). The molecule has 1 fully saturated rings. The number of ether oxygens (including phenoxy) is 1. The van der Waals surface area contributed by atoms with Crippen molar-refractivity contribution in [2.75, 3.05) is 39.4 Å². The van der Waals surface area contributed by atoms with Crippen molar-refractivity contribution in [3.8, 4) is 0 Å². The molecule has 0 aromatic carbocycles. The quantitative estimate of drug-likeness (QED) is 0.642. The minimum atomic E-state index is 0.711. The Morgan fingerprint density at radius 3 is 2.56 bits per heavy atom. The maximum absolute atomic E-state index is 5.57. The molecule has 0 aromatic rings. The molecule has 108 valence electrons. The number of hydrogen-bond donors (Lipinski definition) is 1. The number of nitrogens with zero attached hydrogens (tertiary/aromatic N) is 1. The van der Waals surface area contributed by atoms with Crippen molar-refractivity contribution in [2.24, 2.45) is 5.92 Å². The molecule has 1 aliphatic heterocycles. The molecular weight excluding hydrogens is 224 g/mol. The fourth-order valence-corrected chi connectivity index (χ4v) is 2.52. The Morgan fingerprint density at radius 1 is 1.22 bits per heavy atom. The van der Waals surface area contributed by atoms with Crippen LogP contribution in [0.4, 0.5) is 0 Å². The first-order valence-corrected chi connectivity index (χ1v) is 7.75. The molecule has 3 nitrogen and oxygen atoms in total. The molecule has 1 N–H and O–H groups in total. The normalized spacial score (nSPS) is 18.7. The van der Waals surface area contributed by atoms with E-state index < -0.39 is 0 Å². The van der Waals surface area contributed by atoms with E-state index in [2.05, 4.69) is 31.0 Å². The third-order valence-corrected chi connectivity index (χ3v) is 3.53. The number of rotatable bonds is 9. The van der Waals surface area contributed by atoms with E-state index in [1.165, 1.54) is 45.3 Å². The van der Waals surface area contributed by atoms with Crippen LogP contribution in [0.15, 0.2) is 0 Å². The number of unbranched alkanes of at least 4 members (excludes halogenated alkanes) is 1. The molecule has 1 aliphatic rings. The molecule has 0 bridgehead atoms. The zero-order chi connectivity index (χ0) is 13.2. The van der Waals surface area contributed by atoms with E-state index in [0.29, 0.717) is 6.04 Å². The molecule has 0 aromatic heterocycles. The molecule has 1 heterocycles. The standard InChI is InChI=1S/C15H32N2O/c1-4-5-11-18-12-8-16-15-6-9-17(10-7-15)13-14(2)3/h14-16H,4-13H2,1-3H3. The molecule has 0 spiro atoms. The average Bonchev–Trinajstić information content (AvgIpc) is 2.35. The zero-order valence-electron chi connectivity index (χ0n) is 12.6. The van der Waals surface area contributed by atoms with Crippen LogP contribution < -0.4 is 5.32 Å².